The van der Waals surface area contributed by atoms with Gasteiger partial charge >= 0.3 is 0 Å². The number of rotatable bonds is 7. The third-order valence-electron chi connectivity index (χ3n) is 3.82. The molecule has 6 heteroatoms. The lowest BCUT2D eigenvalue weighted by molar-refractivity contribution is -0.119. The maximum Gasteiger partial charge on any atom is 0.246 e. The van der Waals surface area contributed by atoms with Gasteiger partial charge in [0.05, 0.1) is 5.69 Å². The van der Waals surface area contributed by atoms with Gasteiger partial charge in [-0.05, 0) is 49.6 Å². The van der Waals surface area contributed by atoms with E-state index in [2.05, 4.69) is 16.0 Å². The first-order valence-corrected chi connectivity index (χ1v) is 9.74. The van der Waals surface area contributed by atoms with Crippen molar-refractivity contribution in [2.75, 3.05) is 22.2 Å². The molecular weight excluding hydrogens is 346 g/mol. The number of carbonyl (C=O) groups excluding carboxylic acids is 2. The second kappa shape index (κ2) is 9.29. The van der Waals surface area contributed by atoms with Crippen molar-refractivity contribution in [1.29, 1.82) is 0 Å². The highest BCUT2D eigenvalue weighted by molar-refractivity contribution is 7.98. The van der Waals surface area contributed by atoms with Crippen LogP contribution in [0.25, 0.3) is 0 Å². The Morgan fingerprint density at radius 2 is 1.46 bits per heavy atom. The zero-order chi connectivity index (χ0) is 19.1. The van der Waals surface area contributed by atoms with Gasteiger partial charge in [0, 0.05) is 22.2 Å². The van der Waals surface area contributed by atoms with Gasteiger partial charge in [-0.15, -0.1) is 11.8 Å². The molecule has 138 valence electrons. The second-order valence-electron chi connectivity index (χ2n) is 6.28. The number of benzene rings is 2. The zero-order valence-electron chi connectivity index (χ0n) is 15.5. The minimum absolute atomic E-state index is 0.0223. The van der Waals surface area contributed by atoms with Gasteiger partial charge in [0.25, 0.3) is 0 Å². The molecule has 0 bridgehead atoms. The largest absolute Gasteiger partial charge is 0.374 e. The Labute approximate surface area is 159 Å². The average Bonchev–Trinajstić information content (AvgIpc) is 2.63. The molecule has 1 unspecified atom stereocenters. The zero-order valence-corrected chi connectivity index (χ0v) is 16.3. The number of carbonyl (C=O) groups is 2. The van der Waals surface area contributed by atoms with Crippen LogP contribution in [-0.2, 0) is 9.59 Å². The average molecular weight is 372 g/mol. The lowest BCUT2D eigenvalue weighted by atomic mass is 10.2. The molecule has 0 aliphatic heterocycles. The number of hydrogen-bond donors (Lipinski definition) is 3. The first-order chi connectivity index (χ1) is 12.4. The van der Waals surface area contributed by atoms with E-state index in [0.29, 0.717) is 0 Å². The third-order valence-corrected chi connectivity index (χ3v) is 4.61. The van der Waals surface area contributed by atoms with E-state index in [1.54, 1.807) is 11.8 Å². The Hall–Kier alpha value is -2.47. The molecule has 2 rings (SSSR count). The molecule has 0 fully saturated rings. The molecule has 0 heterocycles. The van der Waals surface area contributed by atoms with E-state index in [4.69, 9.17) is 0 Å². The summed E-state index contributed by atoms with van der Waals surface area (Å²) in [4.78, 5) is 25.2. The molecule has 0 aromatic heterocycles. The number of nitrogens with one attached hydrogen (secondary N) is 3. The monoisotopic (exact) mass is 371 g/mol. The van der Waals surface area contributed by atoms with E-state index in [9.17, 15) is 9.59 Å². The Kier molecular flexibility index (Phi) is 7.09. The fourth-order valence-electron chi connectivity index (χ4n) is 2.24. The van der Waals surface area contributed by atoms with Crippen molar-refractivity contribution >= 4 is 40.6 Å². The molecule has 0 saturated heterocycles. The minimum atomic E-state index is -0.402. The molecule has 2 aromatic carbocycles. The summed E-state index contributed by atoms with van der Waals surface area (Å²) in [5, 5.41) is 8.96. The molecule has 0 aliphatic rings. The predicted molar refractivity (Wildman–Crippen MR) is 110 cm³/mol. The van der Waals surface area contributed by atoms with Gasteiger partial charge in [-0.3, -0.25) is 9.59 Å². The molecule has 5 nitrogen and oxygen atoms in total. The van der Waals surface area contributed by atoms with Crippen LogP contribution in [0.5, 0.6) is 0 Å². The van der Waals surface area contributed by atoms with Gasteiger partial charge in [-0.25, -0.2) is 0 Å². The topological polar surface area (TPSA) is 70.2 Å². The van der Waals surface area contributed by atoms with E-state index >= 15 is 0 Å². The first-order valence-electron chi connectivity index (χ1n) is 8.52. The molecule has 0 spiro atoms. The normalized spacial score (nSPS) is 11.7. The summed E-state index contributed by atoms with van der Waals surface area (Å²) in [6.45, 7) is 5.51. The Morgan fingerprint density at radius 1 is 0.846 bits per heavy atom. The molecule has 2 amide bonds. The second-order valence-corrected chi connectivity index (χ2v) is 7.12. The lowest BCUT2D eigenvalue weighted by Gasteiger charge is -2.17. The highest BCUT2D eigenvalue weighted by atomic mass is 32.2. The summed E-state index contributed by atoms with van der Waals surface area (Å²) in [6.07, 6.45) is 1.98. The lowest BCUT2D eigenvalue weighted by Crippen LogP contribution is -2.32. The molecule has 0 radical (unpaired) electrons. The molecule has 26 heavy (non-hydrogen) atoms. The van der Waals surface area contributed by atoms with Gasteiger partial charge in [-0.2, -0.15) is 0 Å². The summed E-state index contributed by atoms with van der Waals surface area (Å²) < 4.78 is 0. The number of thioether (sulfide) groups is 1. The van der Waals surface area contributed by atoms with Crippen LogP contribution < -0.4 is 16.0 Å². The number of para-hydroxylation sites is 1. The standard InChI is InChI=1S/C20H25N3O2S/c1-13(2)19(24)22-16-11-9-15(10-12-16)21-14(3)20(25)23-17-7-5-6-8-18(17)26-4/h5-14,21H,1-4H3,(H,22,24)(H,23,25). The van der Waals surface area contributed by atoms with E-state index in [0.717, 1.165) is 22.0 Å². The maximum atomic E-state index is 12.4. The van der Waals surface area contributed by atoms with Crippen molar-refractivity contribution in [1.82, 2.24) is 0 Å². The summed E-state index contributed by atoms with van der Waals surface area (Å²) in [5.74, 6) is -0.199. The SMILES string of the molecule is CSc1ccccc1NC(=O)C(C)Nc1ccc(NC(=O)C(C)C)cc1. The van der Waals surface area contributed by atoms with Crippen molar-refractivity contribution in [2.24, 2.45) is 5.92 Å². The van der Waals surface area contributed by atoms with Crippen LogP contribution in [0.1, 0.15) is 20.8 Å². The molecule has 0 saturated carbocycles. The van der Waals surface area contributed by atoms with Crippen LogP contribution in [0.15, 0.2) is 53.4 Å². The summed E-state index contributed by atoms with van der Waals surface area (Å²) in [6, 6.07) is 14.6. The van der Waals surface area contributed by atoms with Crippen molar-refractivity contribution < 1.29 is 9.59 Å². The third kappa shape index (κ3) is 5.52. The fourth-order valence-corrected chi connectivity index (χ4v) is 2.79. The molecule has 3 N–H and O–H groups in total. The number of amides is 2. The minimum Gasteiger partial charge on any atom is -0.374 e. The number of anilines is 3. The van der Waals surface area contributed by atoms with Crippen molar-refractivity contribution in [3.05, 3.63) is 48.5 Å². The fraction of sp³-hybridized carbons (Fsp3) is 0.300. The Morgan fingerprint density at radius 3 is 2.08 bits per heavy atom. The van der Waals surface area contributed by atoms with Crippen molar-refractivity contribution in [3.63, 3.8) is 0 Å². The predicted octanol–water partition coefficient (Wildman–Crippen LogP) is 4.44. The van der Waals surface area contributed by atoms with Crippen LogP contribution in [0, 0.1) is 5.92 Å². The van der Waals surface area contributed by atoms with Gasteiger partial charge in [-0.1, -0.05) is 26.0 Å². The van der Waals surface area contributed by atoms with Gasteiger partial charge in [0.2, 0.25) is 11.8 Å². The van der Waals surface area contributed by atoms with Gasteiger partial charge in [0.15, 0.2) is 0 Å². The van der Waals surface area contributed by atoms with Crippen LogP contribution in [-0.4, -0.2) is 24.1 Å². The Bertz CT molecular complexity index is 760. The van der Waals surface area contributed by atoms with E-state index in [-0.39, 0.29) is 17.7 Å². The Balaban J connectivity index is 1.95. The van der Waals surface area contributed by atoms with Gasteiger partial charge in [0.1, 0.15) is 6.04 Å². The first kappa shape index (κ1) is 19.8. The smallest absolute Gasteiger partial charge is 0.246 e. The van der Waals surface area contributed by atoms with Crippen LogP contribution in [0.4, 0.5) is 17.1 Å². The van der Waals surface area contributed by atoms with Crippen LogP contribution >= 0.6 is 11.8 Å². The van der Waals surface area contributed by atoms with E-state index < -0.39 is 6.04 Å². The summed E-state index contributed by atoms with van der Waals surface area (Å²) in [7, 11) is 0. The van der Waals surface area contributed by atoms with Crippen LogP contribution in [0.3, 0.4) is 0 Å². The quantitative estimate of drug-likeness (QED) is 0.629. The van der Waals surface area contributed by atoms with Crippen molar-refractivity contribution in [2.45, 2.75) is 31.7 Å². The maximum absolute atomic E-state index is 12.4. The highest BCUT2D eigenvalue weighted by Crippen LogP contribution is 2.25. The molecular formula is C20H25N3O2S. The van der Waals surface area contributed by atoms with Crippen LogP contribution in [0.2, 0.25) is 0 Å². The molecule has 1 atom stereocenters. The van der Waals surface area contributed by atoms with E-state index in [1.165, 1.54) is 0 Å². The summed E-state index contributed by atoms with van der Waals surface area (Å²) in [5.41, 5.74) is 2.36. The van der Waals surface area contributed by atoms with Crippen molar-refractivity contribution in [3.8, 4) is 0 Å². The molecule has 2 aromatic rings. The van der Waals surface area contributed by atoms with Gasteiger partial charge < -0.3 is 16.0 Å². The van der Waals surface area contributed by atoms with E-state index in [1.807, 2.05) is 75.6 Å². The summed E-state index contributed by atoms with van der Waals surface area (Å²) >= 11 is 1.59. The number of hydrogen-bond acceptors (Lipinski definition) is 4. The highest BCUT2D eigenvalue weighted by Gasteiger charge is 2.14. The molecule has 0 aliphatic carbocycles.